The molecule has 7 heteroatoms. The van der Waals surface area contributed by atoms with Gasteiger partial charge in [0.25, 0.3) is 0 Å². The number of primary amides is 1. The van der Waals surface area contributed by atoms with Crippen LogP contribution in [-0.4, -0.2) is 50.1 Å². The quantitative estimate of drug-likeness (QED) is 0.738. The van der Waals surface area contributed by atoms with Crippen molar-refractivity contribution < 1.29 is 13.2 Å². The molecular formula is C13H27N3O3S. The first kappa shape index (κ1) is 17.4. The van der Waals surface area contributed by atoms with Crippen LogP contribution in [0.3, 0.4) is 0 Å². The molecule has 118 valence electrons. The Bertz CT molecular complexity index is 423. The smallest absolute Gasteiger partial charge is 0.232 e. The van der Waals surface area contributed by atoms with E-state index in [1.165, 1.54) is 4.31 Å². The zero-order chi connectivity index (χ0) is 15.4. The summed E-state index contributed by atoms with van der Waals surface area (Å²) in [6.45, 7) is 7.26. The van der Waals surface area contributed by atoms with Gasteiger partial charge < -0.3 is 11.1 Å². The molecule has 1 fully saturated rings. The van der Waals surface area contributed by atoms with Gasteiger partial charge in [-0.05, 0) is 31.2 Å². The van der Waals surface area contributed by atoms with Crippen molar-refractivity contribution in [1.82, 2.24) is 9.62 Å². The summed E-state index contributed by atoms with van der Waals surface area (Å²) < 4.78 is 26.3. The van der Waals surface area contributed by atoms with Gasteiger partial charge in [0, 0.05) is 12.6 Å². The predicted octanol–water partition coefficient (Wildman–Crippen LogP) is 0.292. The highest BCUT2D eigenvalue weighted by Gasteiger charge is 2.32. The number of hydrogen-bond acceptors (Lipinski definition) is 4. The monoisotopic (exact) mass is 305 g/mol. The molecule has 0 radical (unpaired) electrons. The number of carbonyl (C=O) groups excluding carboxylic acids is 1. The summed E-state index contributed by atoms with van der Waals surface area (Å²) in [4.78, 5) is 11.2. The highest BCUT2D eigenvalue weighted by molar-refractivity contribution is 7.89. The van der Waals surface area contributed by atoms with E-state index in [0.717, 1.165) is 19.4 Å². The maximum absolute atomic E-state index is 12.5. The lowest BCUT2D eigenvalue weighted by Crippen LogP contribution is -2.52. The fraction of sp³-hybridized carbons (Fsp3) is 0.923. The van der Waals surface area contributed by atoms with E-state index in [0.29, 0.717) is 13.0 Å². The van der Waals surface area contributed by atoms with Crippen LogP contribution in [0.5, 0.6) is 0 Å². The summed E-state index contributed by atoms with van der Waals surface area (Å²) in [5.41, 5.74) is 5.15. The largest absolute Gasteiger partial charge is 0.369 e. The van der Waals surface area contributed by atoms with Crippen LogP contribution >= 0.6 is 0 Å². The second-order valence-electron chi connectivity index (χ2n) is 6.64. The van der Waals surface area contributed by atoms with Gasteiger partial charge in [0.05, 0.1) is 12.3 Å². The number of carbonyl (C=O) groups is 1. The Hall–Kier alpha value is -0.660. The van der Waals surface area contributed by atoms with E-state index in [2.05, 4.69) is 5.32 Å². The number of nitrogens with zero attached hydrogens (tertiary/aromatic N) is 1. The van der Waals surface area contributed by atoms with Crippen LogP contribution in [0.15, 0.2) is 0 Å². The highest BCUT2D eigenvalue weighted by atomic mass is 32.2. The number of piperidine rings is 1. The first-order valence-corrected chi connectivity index (χ1v) is 8.71. The van der Waals surface area contributed by atoms with Crippen molar-refractivity contribution in [1.29, 1.82) is 0 Å². The Balaban J connectivity index is 2.82. The van der Waals surface area contributed by atoms with E-state index in [-0.39, 0.29) is 23.8 Å². The lowest BCUT2D eigenvalue weighted by atomic mass is 9.94. The highest BCUT2D eigenvalue weighted by Crippen LogP contribution is 2.22. The number of sulfonamides is 1. The molecule has 0 aromatic carbocycles. The molecule has 1 amide bonds. The molecule has 0 spiro atoms. The van der Waals surface area contributed by atoms with E-state index in [4.69, 9.17) is 5.73 Å². The van der Waals surface area contributed by atoms with Crippen LogP contribution in [0.1, 0.15) is 40.0 Å². The first-order chi connectivity index (χ1) is 9.12. The lowest BCUT2D eigenvalue weighted by molar-refractivity contribution is -0.118. The summed E-state index contributed by atoms with van der Waals surface area (Å²) in [6.07, 6.45) is 2.24. The number of rotatable bonds is 6. The minimum Gasteiger partial charge on any atom is -0.369 e. The minimum atomic E-state index is -3.46. The Kier molecular flexibility index (Phi) is 5.97. The Labute approximate surface area is 122 Å². The SMILES string of the molecule is CC(C)(C)CCS(=O)(=O)N(CC(N)=O)C1CCCNC1. The predicted molar refractivity (Wildman–Crippen MR) is 79.7 cm³/mol. The summed E-state index contributed by atoms with van der Waals surface area (Å²) in [6, 6.07) is -0.166. The number of nitrogens with two attached hydrogens (primary N) is 1. The molecule has 1 saturated heterocycles. The Morgan fingerprint density at radius 1 is 1.40 bits per heavy atom. The van der Waals surface area contributed by atoms with E-state index in [9.17, 15) is 13.2 Å². The van der Waals surface area contributed by atoms with Gasteiger partial charge in [-0.1, -0.05) is 20.8 Å². The Morgan fingerprint density at radius 2 is 2.05 bits per heavy atom. The van der Waals surface area contributed by atoms with Crippen molar-refractivity contribution in [3.63, 3.8) is 0 Å². The Morgan fingerprint density at radius 3 is 2.50 bits per heavy atom. The third-order valence-corrected chi connectivity index (χ3v) is 5.32. The zero-order valence-electron chi connectivity index (χ0n) is 12.7. The van der Waals surface area contributed by atoms with E-state index < -0.39 is 15.9 Å². The van der Waals surface area contributed by atoms with Crippen molar-refractivity contribution in [2.75, 3.05) is 25.4 Å². The fourth-order valence-electron chi connectivity index (χ4n) is 2.24. The van der Waals surface area contributed by atoms with E-state index in [1.54, 1.807) is 0 Å². The number of amides is 1. The van der Waals surface area contributed by atoms with Gasteiger partial charge in [-0.25, -0.2) is 8.42 Å². The van der Waals surface area contributed by atoms with Crippen LogP contribution < -0.4 is 11.1 Å². The molecule has 0 saturated carbocycles. The molecule has 1 aliphatic rings. The molecule has 6 nitrogen and oxygen atoms in total. The third kappa shape index (κ3) is 5.76. The van der Waals surface area contributed by atoms with Gasteiger partial charge in [0.1, 0.15) is 0 Å². The zero-order valence-corrected chi connectivity index (χ0v) is 13.5. The van der Waals surface area contributed by atoms with Gasteiger partial charge in [0.2, 0.25) is 15.9 Å². The molecule has 1 rings (SSSR count). The third-order valence-electron chi connectivity index (χ3n) is 3.46. The second-order valence-corrected chi connectivity index (χ2v) is 8.68. The fourth-order valence-corrected chi connectivity index (χ4v) is 4.30. The standard InChI is InChI=1S/C13H27N3O3S/c1-13(2,3)6-8-20(18,19)16(10-12(14)17)11-5-4-7-15-9-11/h11,15H,4-10H2,1-3H3,(H2,14,17). The topological polar surface area (TPSA) is 92.5 Å². The molecule has 0 aromatic heterocycles. The minimum absolute atomic E-state index is 0.0558. The van der Waals surface area contributed by atoms with Crippen molar-refractivity contribution in [3.05, 3.63) is 0 Å². The van der Waals surface area contributed by atoms with Gasteiger partial charge >= 0.3 is 0 Å². The second kappa shape index (κ2) is 6.87. The summed E-state index contributed by atoms with van der Waals surface area (Å²) in [5, 5.41) is 3.17. The molecule has 0 aliphatic carbocycles. The van der Waals surface area contributed by atoms with Crippen molar-refractivity contribution in [2.45, 2.75) is 46.1 Å². The van der Waals surface area contributed by atoms with Crippen molar-refractivity contribution in [3.8, 4) is 0 Å². The summed E-state index contributed by atoms with van der Waals surface area (Å²) in [5.74, 6) is -0.546. The lowest BCUT2D eigenvalue weighted by Gasteiger charge is -2.33. The van der Waals surface area contributed by atoms with Gasteiger partial charge in [-0.15, -0.1) is 0 Å². The van der Waals surface area contributed by atoms with Gasteiger partial charge in [-0.3, -0.25) is 4.79 Å². The van der Waals surface area contributed by atoms with Crippen LogP contribution in [-0.2, 0) is 14.8 Å². The molecular weight excluding hydrogens is 278 g/mol. The average Bonchev–Trinajstić information content (AvgIpc) is 2.34. The molecule has 0 bridgehead atoms. The molecule has 1 unspecified atom stereocenters. The number of hydrogen-bond donors (Lipinski definition) is 2. The summed E-state index contributed by atoms with van der Waals surface area (Å²) >= 11 is 0. The first-order valence-electron chi connectivity index (χ1n) is 7.10. The maximum Gasteiger partial charge on any atom is 0.232 e. The van der Waals surface area contributed by atoms with Crippen LogP contribution in [0, 0.1) is 5.41 Å². The summed E-state index contributed by atoms with van der Waals surface area (Å²) in [7, 11) is -3.46. The van der Waals surface area contributed by atoms with Crippen LogP contribution in [0.2, 0.25) is 0 Å². The molecule has 1 aliphatic heterocycles. The van der Waals surface area contributed by atoms with Crippen LogP contribution in [0.4, 0.5) is 0 Å². The maximum atomic E-state index is 12.5. The molecule has 20 heavy (non-hydrogen) atoms. The molecule has 1 heterocycles. The molecule has 1 atom stereocenters. The number of nitrogens with one attached hydrogen (secondary N) is 1. The van der Waals surface area contributed by atoms with Gasteiger partial charge in [0.15, 0.2) is 0 Å². The van der Waals surface area contributed by atoms with Crippen molar-refractivity contribution in [2.24, 2.45) is 11.1 Å². The molecule has 3 N–H and O–H groups in total. The normalized spacial score (nSPS) is 21.1. The van der Waals surface area contributed by atoms with Crippen molar-refractivity contribution >= 4 is 15.9 Å². The van der Waals surface area contributed by atoms with E-state index >= 15 is 0 Å². The van der Waals surface area contributed by atoms with Crippen LogP contribution in [0.25, 0.3) is 0 Å². The van der Waals surface area contributed by atoms with Gasteiger partial charge in [-0.2, -0.15) is 4.31 Å². The van der Waals surface area contributed by atoms with E-state index in [1.807, 2.05) is 20.8 Å². The molecule has 0 aromatic rings. The average molecular weight is 305 g/mol.